The molecule has 4 heteroatoms. The molecule has 1 saturated heterocycles. The van der Waals surface area contributed by atoms with Gasteiger partial charge in [-0.2, -0.15) is 0 Å². The minimum Gasteiger partial charge on any atom is -0.379 e. The highest BCUT2D eigenvalue weighted by Crippen LogP contribution is 2.16. The fourth-order valence-corrected chi connectivity index (χ4v) is 1.15. The molecule has 0 radical (unpaired) electrons. The van der Waals surface area contributed by atoms with E-state index in [9.17, 15) is 4.79 Å². The Morgan fingerprint density at radius 1 is 1.82 bits per heavy atom. The van der Waals surface area contributed by atoms with E-state index in [4.69, 9.17) is 10.5 Å². The second-order valence-electron chi connectivity index (χ2n) is 3.12. The Hall–Kier alpha value is -0.610. The third kappa shape index (κ3) is 2.17. The lowest BCUT2D eigenvalue weighted by Crippen LogP contribution is -2.48. The van der Waals surface area contributed by atoms with Gasteiger partial charge in [0.05, 0.1) is 18.7 Å². The Bertz CT molecular complexity index is 153. The van der Waals surface area contributed by atoms with Gasteiger partial charge in [0.1, 0.15) is 0 Å². The molecule has 0 saturated carbocycles. The monoisotopic (exact) mass is 158 g/mol. The molecule has 1 heterocycles. The van der Waals surface area contributed by atoms with Crippen molar-refractivity contribution >= 4 is 5.91 Å². The summed E-state index contributed by atoms with van der Waals surface area (Å²) in [6, 6.07) is 0. The smallest absolute Gasteiger partial charge is 0.234 e. The molecule has 1 fully saturated rings. The Balaban J connectivity index is 2.39. The Morgan fingerprint density at radius 2 is 2.55 bits per heavy atom. The molecule has 0 spiro atoms. The van der Waals surface area contributed by atoms with Crippen LogP contribution in [0.4, 0.5) is 0 Å². The third-order valence-electron chi connectivity index (χ3n) is 1.85. The van der Waals surface area contributed by atoms with Gasteiger partial charge in [-0.25, -0.2) is 0 Å². The molecule has 1 unspecified atom stereocenters. The van der Waals surface area contributed by atoms with Crippen LogP contribution < -0.4 is 11.1 Å². The molecule has 1 aliphatic heterocycles. The average molecular weight is 158 g/mol. The zero-order valence-corrected chi connectivity index (χ0v) is 6.72. The van der Waals surface area contributed by atoms with Crippen molar-refractivity contribution in [3.05, 3.63) is 0 Å². The van der Waals surface area contributed by atoms with E-state index in [1.54, 1.807) is 0 Å². The zero-order valence-electron chi connectivity index (χ0n) is 6.72. The van der Waals surface area contributed by atoms with Crippen molar-refractivity contribution in [2.75, 3.05) is 19.8 Å². The lowest BCUT2D eigenvalue weighted by atomic mass is 10.0. The maximum absolute atomic E-state index is 10.9. The van der Waals surface area contributed by atoms with Crippen LogP contribution in [0.1, 0.15) is 13.3 Å². The van der Waals surface area contributed by atoms with Crippen LogP contribution in [0.25, 0.3) is 0 Å². The van der Waals surface area contributed by atoms with Crippen molar-refractivity contribution in [2.24, 2.45) is 5.73 Å². The van der Waals surface area contributed by atoms with E-state index in [1.807, 2.05) is 6.92 Å². The fourth-order valence-electron chi connectivity index (χ4n) is 1.15. The van der Waals surface area contributed by atoms with Crippen molar-refractivity contribution < 1.29 is 9.53 Å². The molecule has 64 valence electrons. The molecule has 1 aliphatic rings. The molecule has 0 aromatic heterocycles. The van der Waals surface area contributed by atoms with Crippen molar-refractivity contribution in [1.29, 1.82) is 0 Å². The fraction of sp³-hybridized carbons (Fsp3) is 0.857. The van der Waals surface area contributed by atoms with Gasteiger partial charge in [-0.1, -0.05) is 0 Å². The average Bonchev–Trinajstić information content (AvgIpc) is 2.36. The van der Waals surface area contributed by atoms with Crippen LogP contribution in [0.3, 0.4) is 0 Å². The molecule has 4 nitrogen and oxygen atoms in total. The molecule has 11 heavy (non-hydrogen) atoms. The van der Waals surface area contributed by atoms with E-state index in [2.05, 4.69) is 5.32 Å². The van der Waals surface area contributed by atoms with E-state index < -0.39 is 0 Å². The summed E-state index contributed by atoms with van der Waals surface area (Å²) >= 11 is 0. The molecule has 0 bridgehead atoms. The van der Waals surface area contributed by atoms with Crippen molar-refractivity contribution in [3.63, 3.8) is 0 Å². The molecule has 3 N–H and O–H groups in total. The number of carbonyl (C=O) groups excluding carboxylic acids is 1. The summed E-state index contributed by atoms with van der Waals surface area (Å²) in [7, 11) is 0. The number of hydrogen-bond acceptors (Lipinski definition) is 3. The molecular formula is C7H14N2O2. The van der Waals surface area contributed by atoms with Gasteiger partial charge in [-0.3, -0.25) is 4.79 Å². The number of nitrogens with one attached hydrogen (secondary N) is 1. The van der Waals surface area contributed by atoms with Crippen molar-refractivity contribution in [3.8, 4) is 0 Å². The summed E-state index contributed by atoms with van der Waals surface area (Å²) in [6.45, 7) is 3.34. The largest absolute Gasteiger partial charge is 0.379 e. The Labute approximate surface area is 66.1 Å². The highest BCUT2D eigenvalue weighted by atomic mass is 16.5. The van der Waals surface area contributed by atoms with Gasteiger partial charge in [0.15, 0.2) is 0 Å². The number of nitrogens with two attached hydrogens (primary N) is 1. The summed E-state index contributed by atoms with van der Waals surface area (Å²) in [4.78, 5) is 10.9. The lowest BCUT2D eigenvalue weighted by molar-refractivity contribution is -0.121. The van der Waals surface area contributed by atoms with E-state index in [0.29, 0.717) is 6.61 Å². The first-order chi connectivity index (χ1) is 5.16. The van der Waals surface area contributed by atoms with Crippen LogP contribution in [-0.4, -0.2) is 31.2 Å². The second kappa shape index (κ2) is 3.19. The number of amides is 1. The first kappa shape index (κ1) is 8.49. The van der Waals surface area contributed by atoms with Crippen molar-refractivity contribution in [2.45, 2.75) is 18.9 Å². The summed E-state index contributed by atoms with van der Waals surface area (Å²) in [5.74, 6) is -0.113. The topological polar surface area (TPSA) is 64.4 Å². The van der Waals surface area contributed by atoms with E-state index in [1.165, 1.54) is 0 Å². The molecule has 0 aromatic rings. The molecule has 1 rings (SSSR count). The van der Waals surface area contributed by atoms with Crippen LogP contribution in [0, 0.1) is 0 Å². The quantitative estimate of drug-likeness (QED) is 0.555. The van der Waals surface area contributed by atoms with Crippen LogP contribution in [0.15, 0.2) is 0 Å². The van der Waals surface area contributed by atoms with Gasteiger partial charge in [-0.15, -0.1) is 0 Å². The van der Waals surface area contributed by atoms with Crippen LogP contribution in [-0.2, 0) is 9.53 Å². The number of ether oxygens (including phenoxy) is 1. The molecule has 1 amide bonds. The van der Waals surface area contributed by atoms with Gasteiger partial charge >= 0.3 is 0 Å². The predicted molar refractivity (Wildman–Crippen MR) is 41.0 cm³/mol. The van der Waals surface area contributed by atoms with Crippen LogP contribution >= 0.6 is 0 Å². The van der Waals surface area contributed by atoms with Gasteiger partial charge in [0, 0.05) is 6.61 Å². The highest BCUT2D eigenvalue weighted by molar-refractivity contribution is 5.78. The summed E-state index contributed by atoms with van der Waals surface area (Å²) in [5.41, 5.74) is 4.97. The van der Waals surface area contributed by atoms with Gasteiger partial charge in [0.25, 0.3) is 0 Å². The highest BCUT2D eigenvalue weighted by Gasteiger charge is 2.30. The predicted octanol–water partition coefficient (Wildman–Crippen LogP) is -0.760. The number of carbonyl (C=O) groups is 1. The van der Waals surface area contributed by atoms with Gasteiger partial charge in [-0.05, 0) is 13.3 Å². The number of hydrogen-bond donors (Lipinski definition) is 2. The van der Waals surface area contributed by atoms with Crippen LogP contribution in [0.5, 0.6) is 0 Å². The van der Waals surface area contributed by atoms with E-state index >= 15 is 0 Å². The summed E-state index contributed by atoms with van der Waals surface area (Å²) < 4.78 is 5.15. The van der Waals surface area contributed by atoms with Crippen LogP contribution in [0.2, 0.25) is 0 Å². The maximum atomic E-state index is 10.9. The Morgan fingerprint density at radius 3 is 3.00 bits per heavy atom. The van der Waals surface area contributed by atoms with E-state index in [-0.39, 0.29) is 18.0 Å². The number of rotatable bonds is 2. The zero-order chi connectivity index (χ0) is 8.32. The van der Waals surface area contributed by atoms with E-state index in [0.717, 1.165) is 13.0 Å². The molecular weight excluding hydrogens is 144 g/mol. The maximum Gasteiger partial charge on any atom is 0.234 e. The Kier molecular flexibility index (Phi) is 2.46. The first-order valence-electron chi connectivity index (χ1n) is 3.75. The SMILES string of the molecule is CC1(NC(=O)CN)CCOC1. The minimum atomic E-state index is -0.184. The molecule has 0 aliphatic carbocycles. The second-order valence-corrected chi connectivity index (χ2v) is 3.12. The van der Waals surface area contributed by atoms with Gasteiger partial charge in [0.2, 0.25) is 5.91 Å². The normalized spacial score (nSPS) is 30.4. The summed E-state index contributed by atoms with van der Waals surface area (Å²) in [5, 5.41) is 2.82. The minimum absolute atomic E-state index is 0.0512. The summed E-state index contributed by atoms with van der Waals surface area (Å²) in [6.07, 6.45) is 0.874. The first-order valence-corrected chi connectivity index (χ1v) is 3.75. The lowest BCUT2D eigenvalue weighted by Gasteiger charge is -2.22. The third-order valence-corrected chi connectivity index (χ3v) is 1.85. The molecule has 1 atom stereocenters. The molecule has 0 aromatic carbocycles. The van der Waals surface area contributed by atoms with Gasteiger partial charge < -0.3 is 15.8 Å². The standard InChI is InChI=1S/C7H14N2O2/c1-7(2-3-11-5-7)9-6(10)4-8/h2-5,8H2,1H3,(H,9,10). The van der Waals surface area contributed by atoms with Crippen molar-refractivity contribution in [1.82, 2.24) is 5.32 Å².